The summed E-state index contributed by atoms with van der Waals surface area (Å²) >= 11 is 0. The van der Waals surface area contributed by atoms with Crippen molar-refractivity contribution in [1.82, 2.24) is 0 Å². The van der Waals surface area contributed by atoms with Crippen molar-refractivity contribution in [2.45, 2.75) is 25.7 Å². The van der Waals surface area contributed by atoms with E-state index in [1.54, 1.807) is 12.1 Å². The van der Waals surface area contributed by atoms with E-state index in [0.29, 0.717) is 0 Å². The Hall–Kier alpha value is -0.870. The summed E-state index contributed by atoms with van der Waals surface area (Å²) in [6.45, 7) is 8.99. The van der Waals surface area contributed by atoms with E-state index in [0.717, 1.165) is 16.7 Å². The molecule has 0 aliphatic heterocycles. The number of hydrogen-bond donors (Lipinski definition) is 0. The molecule has 0 spiro atoms. The second kappa shape index (κ2) is 4.33. The summed E-state index contributed by atoms with van der Waals surface area (Å²) in [6, 6.07) is 3.24. The highest BCUT2D eigenvalue weighted by atomic mass is 32.2. The fourth-order valence-electron chi connectivity index (χ4n) is 1.32. The Kier molecular flexibility index (Phi) is 3.52. The zero-order chi connectivity index (χ0) is 11.6. The minimum absolute atomic E-state index is 0.0890. The van der Waals surface area contributed by atoms with Crippen molar-refractivity contribution >= 4 is 10.1 Å². The maximum atomic E-state index is 11.6. The van der Waals surface area contributed by atoms with Gasteiger partial charge in [-0.25, -0.2) is 0 Å². The topological polar surface area (TPSA) is 43.4 Å². The molecule has 1 rings (SSSR count). The molecule has 4 heteroatoms. The molecule has 0 bridgehead atoms. The minimum atomic E-state index is -3.63. The molecular weight excluding hydrogens is 212 g/mol. The first-order chi connectivity index (χ1) is 6.88. The summed E-state index contributed by atoms with van der Waals surface area (Å²) in [7, 11) is -3.63. The van der Waals surface area contributed by atoms with Crippen LogP contribution in [-0.4, -0.2) is 15.0 Å². The summed E-state index contributed by atoms with van der Waals surface area (Å²) in [5, 5.41) is 0. The van der Waals surface area contributed by atoms with Gasteiger partial charge in [0.15, 0.2) is 0 Å². The molecule has 0 saturated heterocycles. The average Bonchev–Trinajstić information content (AvgIpc) is 2.13. The smallest absolute Gasteiger partial charge is 0.266 e. The minimum Gasteiger partial charge on any atom is -0.266 e. The molecule has 83 valence electrons. The molecule has 0 N–H and O–H groups in total. The number of benzene rings is 1. The largest absolute Gasteiger partial charge is 0.296 e. The number of rotatable bonds is 3. The molecule has 0 aliphatic carbocycles. The molecule has 0 unspecified atom stereocenters. The van der Waals surface area contributed by atoms with E-state index in [9.17, 15) is 8.42 Å². The fourth-order valence-corrected chi connectivity index (χ4v) is 2.32. The van der Waals surface area contributed by atoms with Gasteiger partial charge < -0.3 is 0 Å². The Balaban J connectivity index is 3.29. The van der Waals surface area contributed by atoms with Gasteiger partial charge in [0.2, 0.25) is 0 Å². The van der Waals surface area contributed by atoms with Crippen LogP contribution < -0.4 is 0 Å². The van der Waals surface area contributed by atoms with Gasteiger partial charge in [-0.3, -0.25) is 4.18 Å². The lowest BCUT2D eigenvalue weighted by molar-refractivity contribution is 0.355. The molecule has 0 fully saturated rings. The summed E-state index contributed by atoms with van der Waals surface area (Å²) < 4.78 is 27.8. The highest BCUT2D eigenvalue weighted by Crippen LogP contribution is 2.20. The third-order valence-corrected chi connectivity index (χ3v) is 3.72. The standard InChI is InChI=1S/C11H15O3S/c1-5-14-15(12,13)11-6-8(2)10(4)9(3)7-11/h6-7H,1,5H2,2-4H3. The van der Waals surface area contributed by atoms with Crippen LogP contribution in [0.1, 0.15) is 16.7 Å². The van der Waals surface area contributed by atoms with Crippen molar-refractivity contribution in [1.29, 1.82) is 0 Å². The van der Waals surface area contributed by atoms with E-state index in [-0.39, 0.29) is 11.5 Å². The first-order valence-electron chi connectivity index (χ1n) is 4.65. The first-order valence-corrected chi connectivity index (χ1v) is 6.06. The molecule has 1 radical (unpaired) electrons. The zero-order valence-corrected chi connectivity index (χ0v) is 10.0. The molecule has 0 heterocycles. The third-order valence-electron chi connectivity index (χ3n) is 2.43. The lowest BCUT2D eigenvalue weighted by atomic mass is 10.1. The van der Waals surface area contributed by atoms with Crippen LogP contribution in [0.3, 0.4) is 0 Å². The van der Waals surface area contributed by atoms with Crippen LogP contribution in [0.15, 0.2) is 17.0 Å². The van der Waals surface area contributed by atoms with Gasteiger partial charge in [0, 0.05) is 0 Å². The van der Waals surface area contributed by atoms with Crippen LogP contribution in [0.4, 0.5) is 0 Å². The van der Waals surface area contributed by atoms with Crippen molar-refractivity contribution in [2.24, 2.45) is 0 Å². The van der Waals surface area contributed by atoms with Crippen molar-refractivity contribution in [3.8, 4) is 0 Å². The van der Waals surface area contributed by atoms with Gasteiger partial charge in [-0.1, -0.05) is 0 Å². The monoisotopic (exact) mass is 227 g/mol. The lowest BCUT2D eigenvalue weighted by Crippen LogP contribution is -2.07. The quantitative estimate of drug-likeness (QED) is 0.743. The van der Waals surface area contributed by atoms with Crippen LogP contribution in [0.2, 0.25) is 0 Å². The van der Waals surface area contributed by atoms with Crippen LogP contribution >= 0.6 is 0 Å². The van der Waals surface area contributed by atoms with Crippen LogP contribution in [0.5, 0.6) is 0 Å². The Labute approximate surface area is 91.2 Å². The van der Waals surface area contributed by atoms with Crippen molar-refractivity contribution in [3.05, 3.63) is 35.7 Å². The Morgan fingerprint density at radius 2 is 1.67 bits per heavy atom. The molecule has 0 saturated carbocycles. The van der Waals surface area contributed by atoms with Gasteiger partial charge in [0.1, 0.15) is 0 Å². The molecule has 15 heavy (non-hydrogen) atoms. The van der Waals surface area contributed by atoms with E-state index < -0.39 is 10.1 Å². The van der Waals surface area contributed by atoms with Crippen molar-refractivity contribution in [2.75, 3.05) is 6.61 Å². The summed E-state index contributed by atoms with van der Waals surface area (Å²) in [6.07, 6.45) is 0. The molecule has 0 atom stereocenters. The SMILES string of the molecule is [CH2]COS(=O)(=O)c1cc(C)c(C)c(C)c1. The zero-order valence-electron chi connectivity index (χ0n) is 9.20. The van der Waals surface area contributed by atoms with Gasteiger partial charge in [-0.05, 0) is 56.5 Å². The van der Waals surface area contributed by atoms with Crippen LogP contribution in [-0.2, 0) is 14.3 Å². The molecule has 3 nitrogen and oxygen atoms in total. The molecule has 0 aliphatic rings. The molecule has 0 amide bonds. The predicted molar refractivity (Wildman–Crippen MR) is 59.1 cm³/mol. The van der Waals surface area contributed by atoms with Crippen molar-refractivity contribution in [3.63, 3.8) is 0 Å². The van der Waals surface area contributed by atoms with Gasteiger partial charge in [-0.15, -0.1) is 0 Å². The summed E-state index contributed by atoms with van der Waals surface area (Å²) in [4.78, 5) is 0.201. The lowest BCUT2D eigenvalue weighted by Gasteiger charge is -2.09. The molecule has 1 aromatic rings. The fraction of sp³-hybridized carbons (Fsp3) is 0.364. The van der Waals surface area contributed by atoms with Crippen LogP contribution in [0, 0.1) is 27.7 Å². The maximum absolute atomic E-state index is 11.6. The van der Waals surface area contributed by atoms with E-state index in [1.165, 1.54) is 0 Å². The molecule has 0 aromatic heterocycles. The van der Waals surface area contributed by atoms with Crippen molar-refractivity contribution < 1.29 is 12.6 Å². The highest BCUT2D eigenvalue weighted by Gasteiger charge is 2.15. The third kappa shape index (κ3) is 2.58. The van der Waals surface area contributed by atoms with E-state index >= 15 is 0 Å². The second-order valence-corrected chi connectivity index (χ2v) is 5.07. The predicted octanol–water partition coefficient (Wildman–Crippen LogP) is 2.15. The van der Waals surface area contributed by atoms with Gasteiger partial charge in [0.25, 0.3) is 10.1 Å². The second-order valence-electron chi connectivity index (χ2n) is 3.46. The van der Waals surface area contributed by atoms with Gasteiger partial charge in [0.05, 0.1) is 11.5 Å². The number of aryl methyl sites for hydroxylation is 2. The maximum Gasteiger partial charge on any atom is 0.296 e. The summed E-state index contributed by atoms with van der Waals surface area (Å²) in [5.41, 5.74) is 2.99. The average molecular weight is 227 g/mol. The van der Waals surface area contributed by atoms with E-state index in [4.69, 9.17) is 0 Å². The first kappa shape index (κ1) is 12.2. The Morgan fingerprint density at radius 3 is 2.07 bits per heavy atom. The van der Waals surface area contributed by atoms with Gasteiger partial charge >= 0.3 is 0 Å². The summed E-state index contributed by atoms with van der Waals surface area (Å²) in [5.74, 6) is 0. The number of hydrogen-bond acceptors (Lipinski definition) is 3. The normalized spacial score (nSPS) is 11.7. The van der Waals surface area contributed by atoms with Gasteiger partial charge in [-0.2, -0.15) is 8.42 Å². The van der Waals surface area contributed by atoms with E-state index in [1.807, 2.05) is 20.8 Å². The molecular formula is C11H15O3S. The Morgan fingerprint density at radius 1 is 1.20 bits per heavy atom. The molecule has 1 aromatic carbocycles. The van der Waals surface area contributed by atoms with E-state index in [2.05, 4.69) is 11.1 Å². The Bertz CT molecular complexity index is 438. The van der Waals surface area contributed by atoms with Crippen LogP contribution in [0.25, 0.3) is 0 Å². The highest BCUT2D eigenvalue weighted by molar-refractivity contribution is 7.86.